The fourth-order valence-corrected chi connectivity index (χ4v) is 2.46. The molecule has 0 radical (unpaired) electrons. The molecule has 122 valence electrons. The second-order valence-corrected chi connectivity index (χ2v) is 7.22. The van der Waals surface area contributed by atoms with Crippen LogP contribution in [0, 0.1) is 5.92 Å². The van der Waals surface area contributed by atoms with E-state index in [0.717, 1.165) is 12.8 Å². The van der Waals surface area contributed by atoms with Crippen LogP contribution >= 0.6 is 0 Å². The average molecular weight is 304 g/mol. The van der Waals surface area contributed by atoms with E-state index in [1.165, 1.54) is 5.56 Å². The summed E-state index contributed by atoms with van der Waals surface area (Å²) in [5.41, 5.74) is 7.07. The summed E-state index contributed by atoms with van der Waals surface area (Å²) in [6, 6.07) is 8.03. The minimum absolute atomic E-state index is 0.0850. The summed E-state index contributed by atoms with van der Waals surface area (Å²) in [5.74, 6) is 1.17. The van der Waals surface area contributed by atoms with E-state index in [1.54, 1.807) is 6.92 Å². The average Bonchev–Trinajstić information content (AvgIpc) is 3.28. The molecule has 0 spiro atoms. The number of hydrogen-bond acceptors (Lipinski definition) is 3. The van der Waals surface area contributed by atoms with Crippen molar-refractivity contribution in [2.75, 3.05) is 6.54 Å². The van der Waals surface area contributed by atoms with E-state index in [9.17, 15) is 4.79 Å². The van der Waals surface area contributed by atoms with Gasteiger partial charge < -0.3 is 15.8 Å². The van der Waals surface area contributed by atoms with Gasteiger partial charge in [0.2, 0.25) is 0 Å². The number of rotatable bonds is 6. The lowest BCUT2D eigenvalue weighted by Crippen LogP contribution is -2.46. The van der Waals surface area contributed by atoms with Gasteiger partial charge in [-0.1, -0.05) is 32.9 Å². The van der Waals surface area contributed by atoms with E-state index in [2.05, 4.69) is 26.1 Å². The lowest BCUT2D eigenvalue weighted by atomic mass is 9.87. The van der Waals surface area contributed by atoms with Crippen molar-refractivity contribution < 1.29 is 9.53 Å². The molecule has 1 fully saturated rings. The SMILES string of the molecule is CC(Oc1ccc(C(C)(C)C)cc1)C(=O)NC(CN)C1CC1. The van der Waals surface area contributed by atoms with Gasteiger partial charge in [0.25, 0.3) is 5.91 Å². The number of nitrogens with two attached hydrogens (primary N) is 1. The second kappa shape index (κ2) is 6.69. The van der Waals surface area contributed by atoms with Crippen molar-refractivity contribution in [2.45, 2.75) is 58.1 Å². The molecule has 0 bridgehead atoms. The molecule has 22 heavy (non-hydrogen) atoms. The molecular formula is C18H28N2O2. The summed E-state index contributed by atoms with van der Waals surface area (Å²) in [6.45, 7) is 8.77. The molecule has 1 aromatic carbocycles. The first-order chi connectivity index (χ1) is 10.3. The fraction of sp³-hybridized carbons (Fsp3) is 0.611. The van der Waals surface area contributed by atoms with Crippen molar-refractivity contribution in [1.29, 1.82) is 0 Å². The number of ether oxygens (including phenoxy) is 1. The van der Waals surface area contributed by atoms with Crippen LogP contribution in [0.5, 0.6) is 5.75 Å². The lowest BCUT2D eigenvalue weighted by molar-refractivity contribution is -0.128. The van der Waals surface area contributed by atoms with Gasteiger partial charge in [-0.15, -0.1) is 0 Å². The highest BCUT2D eigenvalue weighted by Crippen LogP contribution is 2.32. The second-order valence-electron chi connectivity index (χ2n) is 7.22. The van der Waals surface area contributed by atoms with E-state index in [1.807, 2.05) is 24.3 Å². The van der Waals surface area contributed by atoms with Crippen LogP contribution in [-0.2, 0) is 10.2 Å². The Kier molecular flexibility index (Phi) is 5.12. The molecule has 2 unspecified atom stereocenters. The van der Waals surface area contributed by atoms with E-state index in [0.29, 0.717) is 18.2 Å². The number of amides is 1. The third kappa shape index (κ3) is 4.47. The number of benzene rings is 1. The molecule has 0 aliphatic heterocycles. The fourth-order valence-electron chi connectivity index (χ4n) is 2.46. The van der Waals surface area contributed by atoms with Gasteiger partial charge in [-0.2, -0.15) is 0 Å². The quantitative estimate of drug-likeness (QED) is 0.849. The Balaban J connectivity index is 1.90. The highest BCUT2D eigenvalue weighted by molar-refractivity contribution is 5.81. The minimum atomic E-state index is -0.520. The molecule has 2 atom stereocenters. The Bertz CT molecular complexity index is 501. The predicted molar refractivity (Wildman–Crippen MR) is 88.9 cm³/mol. The molecule has 2 rings (SSSR count). The monoisotopic (exact) mass is 304 g/mol. The van der Waals surface area contributed by atoms with Gasteiger partial charge in [-0.3, -0.25) is 4.79 Å². The molecule has 1 aromatic rings. The molecule has 0 heterocycles. The maximum absolute atomic E-state index is 12.2. The number of nitrogens with one attached hydrogen (secondary N) is 1. The zero-order valence-corrected chi connectivity index (χ0v) is 14.1. The van der Waals surface area contributed by atoms with Crippen molar-refractivity contribution in [2.24, 2.45) is 11.7 Å². The van der Waals surface area contributed by atoms with E-state index in [4.69, 9.17) is 10.5 Å². The van der Waals surface area contributed by atoms with Gasteiger partial charge in [0.1, 0.15) is 5.75 Å². The first kappa shape index (κ1) is 16.8. The highest BCUT2D eigenvalue weighted by Gasteiger charge is 2.32. The molecule has 0 aromatic heterocycles. The molecule has 1 aliphatic rings. The highest BCUT2D eigenvalue weighted by atomic mass is 16.5. The predicted octanol–water partition coefficient (Wildman–Crippen LogP) is 2.60. The van der Waals surface area contributed by atoms with E-state index >= 15 is 0 Å². The summed E-state index contributed by atoms with van der Waals surface area (Å²) < 4.78 is 5.74. The largest absolute Gasteiger partial charge is 0.481 e. The van der Waals surface area contributed by atoms with Crippen LogP contribution < -0.4 is 15.8 Å². The molecular weight excluding hydrogens is 276 g/mol. The zero-order valence-electron chi connectivity index (χ0n) is 14.1. The van der Waals surface area contributed by atoms with Crippen LogP contribution in [0.3, 0.4) is 0 Å². The maximum Gasteiger partial charge on any atom is 0.261 e. The van der Waals surface area contributed by atoms with Gasteiger partial charge in [0.05, 0.1) is 0 Å². The van der Waals surface area contributed by atoms with Crippen LogP contribution in [0.15, 0.2) is 24.3 Å². The van der Waals surface area contributed by atoms with Crippen molar-refractivity contribution in [3.8, 4) is 5.75 Å². The Morgan fingerprint density at radius 3 is 2.36 bits per heavy atom. The third-order valence-electron chi connectivity index (χ3n) is 4.18. The minimum Gasteiger partial charge on any atom is -0.481 e. The molecule has 1 saturated carbocycles. The summed E-state index contributed by atoms with van der Waals surface area (Å²) in [4.78, 5) is 12.2. The first-order valence-electron chi connectivity index (χ1n) is 8.09. The van der Waals surface area contributed by atoms with Crippen LogP contribution in [0.25, 0.3) is 0 Å². The third-order valence-corrected chi connectivity index (χ3v) is 4.18. The van der Waals surface area contributed by atoms with Crippen LogP contribution in [0.2, 0.25) is 0 Å². The van der Waals surface area contributed by atoms with Gasteiger partial charge in [-0.05, 0) is 48.8 Å². The summed E-state index contributed by atoms with van der Waals surface area (Å²) in [7, 11) is 0. The Hall–Kier alpha value is -1.55. The van der Waals surface area contributed by atoms with Gasteiger partial charge >= 0.3 is 0 Å². The molecule has 1 aliphatic carbocycles. The Morgan fingerprint density at radius 1 is 1.32 bits per heavy atom. The smallest absolute Gasteiger partial charge is 0.261 e. The molecule has 0 saturated heterocycles. The van der Waals surface area contributed by atoms with Gasteiger partial charge in [-0.25, -0.2) is 0 Å². The van der Waals surface area contributed by atoms with Crippen molar-refractivity contribution in [3.05, 3.63) is 29.8 Å². The molecule has 1 amide bonds. The number of carbonyl (C=O) groups excluding carboxylic acids is 1. The summed E-state index contributed by atoms with van der Waals surface area (Å²) in [6.07, 6.45) is 1.80. The van der Waals surface area contributed by atoms with Crippen LogP contribution in [-0.4, -0.2) is 24.6 Å². The maximum atomic E-state index is 12.2. The van der Waals surface area contributed by atoms with Crippen molar-refractivity contribution >= 4 is 5.91 Å². The molecule has 4 heteroatoms. The first-order valence-corrected chi connectivity index (χ1v) is 8.09. The van der Waals surface area contributed by atoms with Crippen molar-refractivity contribution in [3.63, 3.8) is 0 Å². The van der Waals surface area contributed by atoms with Crippen molar-refractivity contribution in [1.82, 2.24) is 5.32 Å². The normalized spacial score (nSPS) is 17.7. The summed E-state index contributed by atoms with van der Waals surface area (Å²) >= 11 is 0. The lowest BCUT2D eigenvalue weighted by Gasteiger charge is -2.21. The Morgan fingerprint density at radius 2 is 1.91 bits per heavy atom. The summed E-state index contributed by atoms with van der Waals surface area (Å²) in [5, 5.41) is 3.00. The molecule has 4 nitrogen and oxygen atoms in total. The number of carbonyl (C=O) groups is 1. The van der Waals surface area contributed by atoms with Gasteiger partial charge in [0.15, 0.2) is 6.10 Å². The van der Waals surface area contributed by atoms with E-state index in [-0.39, 0.29) is 17.4 Å². The molecule has 3 N–H and O–H groups in total. The zero-order chi connectivity index (χ0) is 16.3. The van der Waals surface area contributed by atoms with Crippen LogP contribution in [0.1, 0.15) is 46.1 Å². The number of hydrogen-bond donors (Lipinski definition) is 2. The Labute approximate surface area is 133 Å². The topological polar surface area (TPSA) is 64.3 Å². The van der Waals surface area contributed by atoms with Crippen LogP contribution in [0.4, 0.5) is 0 Å². The standard InChI is InChI=1S/C18H28N2O2/c1-12(17(21)20-16(11-19)13-5-6-13)22-15-9-7-14(8-10-15)18(2,3)4/h7-10,12-13,16H,5-6,11,19H2,1-4H3,(H,20,21). The van der Waals surface area contributed by atoms with E-state index < -0.39 is 6.10 Å². The van der Waals surface area contributed by atoms with Gasteiger partial charge in [0, 0.05) is 12.6 Å².